The van der Waals surface area contributed by atoms with Gasteiger partial charge in [0.25, 0.3) is 12.5 Å². The van der Waals surface area contributed by atoms with E-state index in [1.54, 1.807) is 12.1 Å². The van der Waals surface area contributed by atoms with Crippen molar-refractivity contribution in [3.05, 3.63) is 35.9 Å². The number of benzene rings is 2. The standard InChI is InChI=1S/C13H6N2O4/c14-6-18-10-3-1-2-8-9(13(16)17)4-5-11(12(8)10)19-7-15/h1-5H,(H,16,17). The lowest BCUT2D eigenvalue weighted by Crippen LogP contribution is -1.99. The highest BCUT2D eigenvalue weighted by Gasteiger charge is 2.16. The molecule has 0 spiro atoms. The smallest absolute Gasteiger partial charge is 0.336 e. The van der Waals surface area contributed by atoms with Crippen molar-refractivity contribution < 1.29 is 19.4 Å². The summed E-state index contributed by atoms with van der Waals surface area (Å²) in [5, 5.41) is 26.9. The molecule has 0 aromatic heterocycles. The lowest BCUT2D eigenvalue weighted by Gasteiger charge is -2.09. The molecular weight excluding hydrogens is 248 g/mol. The maximum Gasteiger partial charge on any atom is 0.336 e. The van der Waals surface area contributed by atoms with Crippen LogP contribution in [0.4, 0.5) is 0 Å². The Kier molecular flexibility index (Phi) is 3.18. The Morgan fingerprint density at radius 1 is 1.05 bits per heavy atom. The van der Waals surface area contributed by atoms with Gasteiger partial charge >= 0.3 is 5.97 Å². The average Bonchev–Trinajstić information content (AvgIpc) is 2.39. The van der Waals surface area contributed by atoms with E-state index >= 15 is 0 Å². The van der Waals surface area contributed by atoms with Crippen LogP contribution >= 0.6 is 0 Å². The first-order valence-electron chi connectivity index (χ1n) is 5.10. The van der Waals surface area contributed by atoms with Gasteiger partial charge in [-0.1, -0.05) is 12.1 Å². The Balaban J connectivity index is 2.85. The van der Waals surface area contributed by atoms with Crippen molar-refractivity contribution in [1.29, 1.82) is 10.5 Å². The van der Waals surface area contributed by atoms with E-state index < -0.39 is 5.97 Å². The molecule has 0 saturated carbocycles. The van der Waals surface area contributed by atoms with Crippen LogP contribution in [0, 0.1) is 23.0 Å². The number of ether oxygens (including phenoxy) is 2. The normalized spacial score (nSPS) is 9.37. The molecular formula is C13H6N2O4. The first kappa shape index (κ1) is 12.2. The number of carboxylic acid groups (broad SMARTS) is 1. The number of carbonyl (C=O) groups is 1. The lowest BCUT2D eigenvalue weighted by molar-refractivity contribution is 0.0699. The lowest BCUT2D eigenvalue weighted by atomic mass is 10.0. The van der Waals surface area contributed by atoms with E-state index in [0.29, 0.717) is 5.39 Å². The molecule has 92 valence electrons. The highest BCUT2D eigenvalue weighted by Crippen LogP contribution is 2.36. The van der Waals surface area contributed by atoms with Gasteiger partial charge < -0.3 is 14.6 Å². The summed E-state index contributed by atoms with van der Waals surface area (Å²) in [6.07, 6.45) is 3.02. The van der Waals surface area contributed by atoms with Gasteiger partial charge in [0.05, 0.1) is 10.9 Å². The highest BCUT2D eigenvalue weighted by atomic mass is 16.5. The van der Waals surface area contributed by atoms with Crippen LogP contribution in [0.3, 0.4) is 0 Å². The first-order chi connectivity index (χ1) is 9.19. The summed E-state index contributed by atoms with van der Waals surface area (Å²) in [6.45, 7) is 0. The molecule has 6 nitrogen and oxygen atoms in total. The summed E-state index contributed by atoms with van der Waals surface area (Å²) >= 11 is 0. The Labute approximate surface area is 107 Å². The molecule has 0 unspecified atom stereocenters. The van der Waals surface area contributed by atoms with Crippen LogP contribution in [-0.4, -0.2) is 11.1 Å². The van der Waals surface area contributed by atoms with Gasteiger partial charge in [0, 0.05) is 5.39 Å². The minimum Gasteiger partial charge on any atom is -0.478 e. The number of carboxylic acids is 1. The van der Waals surface area contributed by atoms with Gasteiger partial charge in [-0.2, -0.15) is 0 Å². The van der Waals surface area contributed by atoms with Crippen molar-refractivity contribution in [3.8, 4) is 24.0 Å². The molecule has 19 heavy (non-hydrogen) atoms. The zero-order valence-electron chi connectivity index (χ0n) is 9.45. The fraction of sp³-hybridized carbons (Fsp3) is 0. The molecule has 0 heterocycles. The third kappa shape index (κ3) is 2.11. The molecule has 0 radical (unpaired) electrons. The van der Waals surface area contributed by atoms with Crippen LogP contribution in [0.5, 0.6) is 11.5 Å². The summed E-state index contributed by atoms with van der Waals surface area (Å²) in [5.41, 5.74) is 0.0312. The third-order valence-corrected chi connectivity index (χ3v) is 2.51. The molecule has 0 saturated heterocycles. The summed E-state index contributed by atoms with van der Waals surface area (Å²) in [7, 11) is 0. The third-order valence-electron chi connectivity index (χ3n) is 2.51. The van der Waals surface area contributed by atoms with Crippen molar-refractivity contribution >= 4 is 16.7 Å². The first-order valence-corrected chi connectivity index (χ1v) is 5.10. The Morgan fingerprint density at radius 2 is 1.68 bits per heavy atom. The molecule has 2 aromatic carbocycles. The molecule has 0 aliphatic rings. The minimum atomic E-state index is -1.12. The zero-order valence-corrected chi connectivity index (χ0v) is 9.45. The van der Waals surface area contributed by atoms with Crippen LogP contribution in [0.1, 0.15) is 10.4 Å². The molecule has 6 heteroatoms. The topological polar surface area (TPSA) is 103 Å². The van der Waals surface area contributed by atoms with Crippen molar-refractivity contribution in [2.75, 3.05) is 0 Å². The maximum atomic E-state index is 11.1. The van der Waals surface area contributed by atoms with Gasteiger partial charge in [0.15, 0.2) is 11.5 Å². The van der Waals surface area contributed by atoms with Crippen molar-refractivity contribution in [1.82, 2.24) is 0 Å². The molecule has 0 bridgehead atoms. The van der Waals surface area contributed by atoms with E-state index in [4.69, 9.17) is 25.1 Å². The highest BCUT2D eigenvalue weighted by molar-refractivity contribution is 6.07. The number of hydrogen-bond acceptors (Lipinski definition) is 5. The molecule has 0 fully saturated rings. The summed E-state index contributed by atoms with van der Waals surface area (Å²) < 4.78 is 9.53. The molecule has 2 rings (SSSR count). The maximum absolute atomic E-state index is 11.1. The number of nitrogens with zero attached hydrogens (tertiary/aromatic N) is 2. The number of aromatic carboxylic acids is 1. The van der Waals surface area contributed by atoms with Gasteiger partial charge in [-0.05, 0) is 18.2 Å². The number of hydrogen-bond donors (Lipinski definition) is 1. The predicted molar refractivity (Wildman–Crippen MR) is 63.4 cm³/mol. The Morgan fingerprint density at radius 3 is 2.26 bits per heavy atom. The van der Waals surface area contributed by atoms with Crippen LogP contribution in [0.2, 0.25) is 0 Å². The van der Waals surface area contributed by atoms with E-state index in [2.05, 4.69) is 0 Å². The summed E-state index contributed by atoms with van der Waals surface area (Å²) in [4.78, 5) is 11.1. The van der Waals surface area contributed by atoms with Gasteiger partial charge in [-0.15, -0.1) is 10.5 Å². The largest absolute Gasteiger partial charge is 0.478 e. The number of fused-ring (bicyclic) bond motifs is 1. The molecule has 0 aliphatic carbocycles. The monoisotopic (exact) mass is 254 g/mol. The molecule has 1 N–H and O–H groups in total. The number of rotatable bonds is 3. The van der Waals surface area contributed by atoms with Gasteiger partial charge in [-0.3, -0.25) is 0 Å². The molecule has 0 aliphatic heterocycles. The average molecular weight is 254 g/mol. The SMILES string of the molecule is N#COc1cccc2c(C(=O)O)ccc(OC#N)c12. The second-order valence-electron chi connectivity index (χ2n) is 3.48. The van der Waals surface area contributed by atoms with Gasteiger partial charge in [-0.25, -0.2) is 4.79 Å². The second kappa shape index (κ2) is 4.94. The fourth-order valence-corrected chi connectivity index (χ4v) is 1.80. The quantitative estimate of drug-likeness (QED) is 0.842. The number of nitriles is 2. The minimum absolute atomic E-state index is 0.0312. The molecule has 2 aromatic rings. The van der Waals surface area contributed by atoms with E-state index in [-0.39, 0.29) is 22.4 Å². The van der Waals surface area contributed by atoms with Gasteiger partial charge in [0.1, 0.15) is 0 Å². The van der Waals surface area contributed by atoms with Crippen molar-refractivity contribution in [2.24, 2.45) is 0 Å². The predicted octanol–water partition coefficient (Wildman–Crippen LogP) is 2.26. The fourth-order valence-electron chi connectivity index (χ4n) is 1.80. The molecule has 0 atom stereocenters. The van der Waals surface area contributed by atoms with Crippen molar-refractivity contribution in [3.63, 3.8) is 0 Å². The second-order valence-corrected chi connectivity index (χ2v) is 3.48. The Bertz CT molecular complexity index is 718. The van der Waals surface area contributed by atoms with E-state index in [1.165, 1.54) is 30.7 Å². The van der Waals surface area contributed by atoms with E-state index in [9.17, 15) is 4.79 Å². The summed E-state index contributed by atoms with van der Waals surface area (Å²) in [5.74, 6) is -0.857. The summed E-state index contributed by atoms with van der Waals surface area (Å²) in [6, 6.07) is 7.26. The van der Waals surface area contributed by atoms with Crippen LogP contribution in [0.25, 0.3) is 10.8 Å². The molecule has 0 amide bonds. The van der Waals surface area contributed by atoms with Gasteiger partial charge in [0.2, 0.25) is 0 Å². The Hall–Kier alpha value is -3.25. The zero-order chi connectivity index (χ0) is 13.8. The van der Waals surface area contributed by atoms with E-state index in [0.717, 1.165) is 0 Å². The van der Waals surface area contributed by atoms with Crippen molar-refractivity contribution in [2.45, 2.75) is 0 Å². The van der Waals surface area contributed by atoms with E-state index in [1.807, 2.05) is 0 Å². The van der Waals surface area contributed by atoms with Crippen LogP contribution in [0.15, 0.2) is 30.3 Å². The van der Waals surface area contributed by atoms with Crippen LogP contribution < -0.4 is 9.47 Å². The van der Waals surface area contributed by atoms with Crippen LogP contribution in [-0.2, 0) is 0 Å².